The zero-order chi connectivity index (χ0) is 7.28. The van der Waals surface area contributed by atoms with Crippen LogP contribution in [0.5, 0.6) is 0 Å². The summed E-state index contributed by atoms with van der Waals surface area (Å²) in [6, 6.07) is 1.39. The van der Waals surface area contributed by atoms with Gasteiger partial charge in [-0.3, -0.25) is 4.79 Å². The maximum Gasteiger partial charge on any atom is 0.455 e. The fourth-order valence-corrected chi connectivity index (χ4v) is 0.237. The van der Waals surface area contributed by atoms with Crippen LogP contribution in [0.25, 0.3) is 5.53 Å². The average Bonchev–Trinajstić information content (AvgIpc) is 1.90. The Morgan fingerprint density at radius 2 is 2.44 bits per heavy atom. The minimum absolute atomic E-state index is 0.544. The first kappa shape index (κ1) is 7.34. The molecule has 0 aliphatic carbocycles. The van der Waals surface area contributed by atoms with Crippen LogP contribution in [-0.2, 0) is 4.79 Å². The number of nitrogens with one attached hydrogen (secondary N) is 1. The van der Waals surface area contributed by atoms with E-state index < -0.39 is 11.6 Å². The molecule has 5 nitrogen and oxygen atoms in total. The molecule has 0 fully saturated rings. The Bertz CT molecular complexity index is 207. The zero-order valence-electron chi connectivity index (χ0n) is 4.75. The van der Waals surface area contributed by atoms with Gasteiger partial charge in [-0.1, -0.05) is 0 Å². The average molecular weight is 124 g/mol. The third kappa shape index (κ3) is 1.72. The van der Waals surface area contributed by atoms with Gasteiger partial charge in [0, 0.05) is 7.05 Å². The van der Waals surface area contributed by atoms with E-state index in [0.717, 1.165) is 0 Å². The van der Waals surface area contributed by atoms with E-state index in [9.17, 15) is 4.79 Å². The summed E-state index contributed by atoms with van der Waals surface area (Å²) in [4.78, 5) is 12.8. The van der Waals surface area contributed by atoms with Gasteiger partial charge in [-0.15, -0.1) is 4.79 Å². The lowest BCUT2D eigenvalue weighted by Crippen LogP contribution is -2.26. The summed E-state index contributed by atoms with van der Waals surface area (Å²) in [6.07, 6.45) is 0. The summed E-state index contributed by atoms with van der Waals surface area (Å²) in [6.45, 7) is 0. The molecule has 0 rings (SSSR count). The van der Waals surface area contributed by atoms with Crippen molar-refractivity contribution in [2.24, 2.45) is 0 Å². The Morgan fingerprint density at radius 1 is 1.89 bits per heavy atom. The van der Waals surface area contributed by atoms with Gasteiger partial charge < -0.3 is 10.8 Å². The minimum Gasteiger partial charge on any atom is -0.360 e. The Hall–Kier alpha value is -1.66. The number of hydrogen-bond acceptors (Lipinski definition) is 2. The molecule has 46 valence electrons. The highest BCUT2D eigenvalue weighted by Crippen LogP contribution is 1.65. The van der Waals surface area contributed by atoms with Crippen LogP contribution in [0, 0.1) is 11.3 Å². The van der Waals surface area contributed by atoms with E-state index in [0.29, 0.717) is 0 Å². The first-order valence-corrected chi connectivity index (χ1v) is 2.10. The van der Waals surface area contributed by atoms with E-state index in [4.69, 9.17) is 10.8 Å². The van der Waals surface area contributed by atoms with Crippen LogP contribution < -0.4 is 5.32 Å². The predicted octanol–water partition coefficient (Wildman–Crippen LogP) is -1.07. The minimum atomic E-state index is -0.694. The van der Waals surface area contributed by atoms with Crippen LogP contribution in [0.1, 0.15) is 0 Å². The molecule has 0 bridgehead atoms. The van der Waals surface area contributed by atoms with Crippen molar-refractivity contribution in [1.29, 1.82) is 5.26 Å². The van der Waals surface area contributed by atoms with Crippen LogP contribution in [0.4, 0.5) is 0 Å². The highest BCUT2D eigenvalue weighted by molar-refractivity contribution is 6.42. The predicted molar refractivity (Wildman–Crippen MR) is 28.3 cm³/mol. The van der Waals surface area contributed by atoms with E-state index in [2.05, 4.69) is 10.1 Å². The Labute approximate surface area is 51.5 Å². The monoisotopic (exact) mass is 124 g/mol. The lowest BCUT2D eigenvalue weighted by molar-refractivity contribution is -0.118. The summed E-state index contributed by atoms with van der Waals surface area (Å²) < 4.78 is 0. The highest BCUT2D eigenvalue weighted by atomic mass is 16.1. The molecule has 9 heavy (non-hydrogen) atoms. The van der Waals surface area contributed by atoms with Crippen LogP contribution in [0.15, 0.2) is 0 Å². The van der Waals surface area contributed by atoms with Crippen LogP contribution in [-0.4, -0.2) is 23.5 Å². The SMILES string of the molecule is CNC(=O)C(C#N)=[N+]=[N-]. The van der Waals surface area contributed by atoms with E-state index in [1.165, 1.54) is 13.1 Å². The molecule has 0 radical (unpaired) electrons. The lowest BCUT2D eigenvalue weighted by Gasteiger charge is -1.81. The summed E-state index contributed by atoms with van der Waals surface area (Å²) in [5.41, 5.74) is 7.39. The molecular weight excluding hydrogens is 120 g/mol. The number of hydrogen-bond donors (Lipinski definition) is 1. The van der Waals surface area contributed by atoms with Crippen molar-refractivity contribution in [3.8, 4) is 6.07 Å². The van der Waals surface area contributed by atoms with Crippen molar-refractivity contribution in [2.75, 3.05) is 7.05 Å². The number of carbonyl (C=O) groups excluding carboxylic acids is 1. The first-order valence-electron chi connectivity index (χ1n) is 2.10. The molecular formula is C4H4N4O. The zero-order valence-corrected chi connectivity index (χ0v) is 4.75. The molecule has 0 heterocycles. The fourth-order valence-electron chi connectivity index (χ4n) is 0.237. The van der Waals surface area contributed by atoms with E-state index in [1.807, 2.05) is 0 Å². The third-order valence-corrected chi connectivity index (χ3v) is 0.648. The van der Waals surface area contributed by atoms with Crippen molar-refractivity contribution in [1.82, 2.24) is 5.32 Å². The Balaban J connectivity index is 4.39. The molecule has 1 amide bonds. The Morgan fingerprint density at radius 3 is 2.56 bits per heavy atom. The van der Waals surface area contributed by atoms with Gasteiger partial charge >= 0.3 is 11.6 Å². The van der Waals surface area contributed by atoms with E-state index in [-0.39, 0.29) is 0 Å². The van der Waals surface area contributed by atoms with Crippen molar-refractivity contribution in [3.05, 3.63) is 5.53 Å². The van der Waals surface area contributed by atoms with Gasteiger partial charge in [0.05, 0.1) is 0 Å². The summed E-state index contributed by atoms with van der Waals surface area (Å²) in [5, 5.41) is 10.1. The van der Waals surface area contributed by atoms with Crippen LogP contribution >= 0.6 is 0 Å². The van der Waals surface area contributed by atoms with Gasteiger partial charge in [0.25, 0.3) is 0 Å². The van der Waals surface area contributed by atoms with Gasteiger partial charge in [-0.05, 0) is 0 Å². The van der Waals surface area contributed by atoms with E-state index in [1.54, 1.807) is 0 Å². The molecule has 5 heteroatoms. The number of nitriles is 1. The van der Waals surface area contributed by atoms with Crippen molar-refractivity contribution >= 4 is 11.6 Å². The van der Waals surface area contributed by atoms with Crippen molar-refractivity contribution < 1.29 is 9.58 Å². The molecule has 0 aromatic rings. The van der Waals surface area contributed by atoms with Crippen molar-refractivity contribution in [2.45, 2.75) is 0 Å². The van der Waals surface area contributed by atoms with Gasteiger partial charge in [0.2, 0.25) is 0 Å². The fraction of sp³-hybridized carbons (Fsp3) is 0.250. The normalized spacial score (nSPS) is 6.67. The maximum absolute atomic E-state index is 10.3. The summed E-state index contributed by atoms with van der Waals surface area (Å²) >= 11 is 0. The number of rotatable bonds is 1. The van der Waals surface area contributed by atoms with Gasteiger partial charge in [0.15, 0.2) is 6.07 Å². The number of carbonyl (C=O) groups is 1. The third-order valence-electron chi connectivity index (χ3n) is 0.648. The standard InChI is InChI=1S/C4H4N4O/c1-7-4(9)3(2-5)8-6/h1H3,(H,7,9). The van der Waals surface area contributed by atoms with Gasteiger partial charge in [-0.2, -0.15) is 5.26 Å². The second-order valence-electron chi connectivity index (χ2n) is 1.14. The molecule has 0 saturated carbocycles. The molecule has 0 unspecified atom stereocenters. The second-order valence-corrected chi connectivity index (χ2v) is 1.14. The topological polar surface area (TPSA) is 89.3 Å². The van der Waals surface area contributed by atoms with Gasteiger partial charge in [-0.25, -0.2) is 0 Å². The van der Waals surface area contributed by atoms with Gasteiger partial charge in [0.1, 0.15) is 0 Å². The molecule has 0 aliphatic heterocycles. The quantitative estimate of drug-likeness (QED) is 0.274. The number of amides is 1. The largest absolute Gasteiger partial charge is 0.455 e. The molecule has 0 aromatic heterocycles. The molecule has 0 aliphatic rings. The molecule has 0 spiro atoms. The van der Waals surface area contributed by atoms with E-state index >= 15 is 0 Å². The maximum atomic E-state index is 10.3. The Kier molecular flexibility index (Phi) is 2.74. The van der Waals surface area contributed by atoms with Crippen LogP contribution in [0.3, 0.4) is 0 Å². The molecule has 0 saturated heterocycles. The second kappa shape index (κ2) is 3.36. The smallest absolute Gasteiger partial charge is 0.360 e. The summed E-state index contributed by atoms with van der Waals surface area (Å²) in [5.74, 6) is -0.694. The first-order chi connectivity index (χ1) is 4.26. The molecule has 1 N–H and O–H groups in total. The van der Waals surface area contributed by atoms with Crippen LogP contribution in [0.2, 0.25) is 0 Å². The highest BCUT2D eigenvalue weighted by Gasteiger charge is 2.15. The van der Waals surface area contributed by atoms with Crippen molar-refractivity contribution in [3.63, 3.8) is 0 Å². The molecule has 0 atom stereocenters. The summed E-state index contributed by atoms with van der Waals surface area (Å²) in [7, 11) is 1.34. The molecule has 0 aromatic carbocycles. The lowest BCUT2D eigenvalue weighted by atomic mass is 10.4. The number of nitrogens with zero attached hydrogens (tertiary/aromatic N) is 3.